The van der Waals surface area contributed by atoms with E-state index in [1.165, 1.54) is 6.07 Å². The smallest absolute Gasteiger partial charge is 0.251 e. The van der Waals surface area contributed by atoms with Gasteiger partial charge in [0.1, 0.15) is 5.82 Å². The van der Waals surface area contributed by atoms with Crippen LogP contribution >= 0.6 is 0 Å². The van der Waals surface area contributed by atoms with E-state index in [1.54, 1.807) is 19.1 Å². The molecule has 0 aromatic heterocycles. The number of amides is 1. The number of halogens is 1. The van der Waals surface area contributed by atoms with Crippen molar-refractivity contribution < 1.29 is 13.9 Å². The maximum Gasteiger partial charge on any atom is 0.251 e. The molecule has 1 aliphatic heterocycles. The lowest BCUT2D eigenvalue weighted by atomic mass is 10.1. The summed E-state index contributed by atoms with van der Waals surface area (Å²) in [6.45, 7) is 10.5. The lowest BCUT2D eigenvalue weighted by Gasteiger charge is -2.25. The molecule has 0 saturated carbocycles. The van der Waals surface area contributed by atoms with Crippen LogP contribution in [0.4, 0.5) is 4.39 Å². The summed E-state index contributed by atoms with van der Waals surface area (Å²) in [5, 5.41) is 9.16. The zero-order valence-electron chi connectivity index (χ0n) is 16.2. The molecule has 0 unspecified atom stereocenters. The van der Waals surface area contributed by atoms with Gasteiger partial charge in [-0.05, 0) is 31.5 Å². The Hall–Kier alpha value is -2.19. The maximum atomic E-state index is 13.5. The van der Waals surface area contributed by atoms with Gasteiger partial charge in [0.25, 0.3) is 5.91 Å². The van der Waals surface area contributed by atoms with Gasteiger partial charge in [-0.1, -0.05) is 6.07 Å². The zero-order chi connectivity index (χ0) is 19.5. The van der Waals surface area contributed by atoms with Crippen molar-refractivity contribution in [2.75, 3.05) is 59.0 Å². The number of nitrogens with zero attached hydrogens (tertiary/aromatic N) is 2. The fourth-order valence-electron chi connectivity index (χ4n) is 2.66. The Kier molecular flexibility index (Phi) is 9.00. The molecule has 0 atom stereocenters. The third-order valence-corrected chi connectivity index (χ3v) is 4.27. The number of hydrogen-bond acceptors (Lipinski definition) is 4. The third-order valence-electron chi connectivity index (χ3n) is 4.27. The fourth-order valence-corrected chi connectivity index (χ4v) is 2.66. The van der Waals surface area contributed by atoms with Crippen LogP contribution in [0.2, 0.25) is 0 Å². The highest BCUT2D eigenvalue weighted by Gasteiger charge is 2.10. The second kappa shape index (κ2) is 11.5. The van der Waals surface area contributed by atoms with E-state index in [2.05, 4.69) is 25.8 Å². The van der Waals surface area contributed by atoms with Crippen LogP contribution in [0.5, 0.6) is 0 Å². The van der Waals surface area contributed by atoms with Crippen LogP contribution in [0.1, 0.15) is 22.8 Å². The average molecular weight is 379 g/mol. The van der Waals surface area contributed by atoms with Crippen molar-refractivity contribution in [3.63, 3.8) is 0 Å². The molecular formula is C19H30FN5O2. The quantitative estimate of drug-likeness (QED) is 0.353. The molecule has 8 heteroatoms. The number of ether oxygens (including phenoxy) is 1. The van der Waals surface area contributed by atoms with Gasteiger partial charge in [0.05, 0.1) is 19.8 Å². The van der Waals surface area contributed by atoms with Crippen molar-refractivity contribution in [3.8, 4) is 0 Å². The van der Waals surface area contributed by atoms with Crippen LogP contribution in [-0.2, 0) is 4.74 Å². The van der Waals surface area contributed by atoms with Crippen LogP contribution in [0.15, 0.2) is 23.2 Å². The molecule has 7 nitrogen and oxygen atoms in total. The molecule has 0 radical (unpaired) electrons. The van der Waals surface area contributed by atoms with Crippen molar-refractivity contribution >= 4 is 11.9 Å². The summed E-state index contributed by atoms with van der Waals surface area (Å²) in [7, 11) is 0. The minimum Gasteiger partial charge on any atom is -0.379 e. The van der Waals surface area contributed by atoms with E-state index in [1.807, 2.05) is 6.92 Å². The Labute approximate surface area is 160 Å². The van der Waals surface area contributed by atoms with Gasteiger partial charge in [0.2, 0.25) is 0 Å². The normalized spacial score (nSPS) is 15.4. The second-order valence-corrected chi connectivity index (χ2v) is 6.36. The van der Waals surface area contributed by atoms with Crippen molar-refractivity contribution in [2.45, 2.75) is 13.8 Å². The Bertz CT molecular complexity index is 633. The van der Waals surface area contributed by atoms with Crippen molar-refractivity contribution in [3.05, 3.63) is 35.1 Å². The summed E-state index contributed by atoms with van der Waals surface area (Å²) in [6, 6.07) is 4.49. The number of benzene rings is 1. The lowest BCUT2D eigenvalue weighted by molar-refractivity contribution is 0.0394. The first-order chi connectivity index (χ1) is 13.1. The number of aliphatic imine (C=N–C) groups is 1. The molecule has 1 amide bonds. The van der Waals surface area contributed by atoms with Crippen molar-refractivity contribution in [2.24, 2.45) is 4.99 Å². The number of carbonyl (C=O) groups is 1. The molecule has 27 heavy (non-hydrogen) atoms. The summed E-state index contributed by atoms with van der Waals surface area (Å²) in [5.41, 5.74) is 0.848. The number of rotatable bonds is 8. The molecule has 3 N–H and O–H groups in total. The predicted molar refractivity (Wildman–Crippen MR) is 105 cm³/mol. The lowest BCUT2D eigenvalue weighted by Crippen LogP contribution is -2.42. The summed E-state index contributed by atoms with van der Waals surface area (Å²) in [6.07, 6.45) is 0. The number of nitrogens with one attached hydrogen (secondary N) is 3. The summed E-state index contributed by atoms with van der Waals surface area (Å²) in [4.78, 5) is 18.9. The van der Waals surface area contributed by atoms with Gasteiger partial charge in [-0.15, -0.1) is 0 Å². The van der Waals surface area contributed by atoms with E-state index in [-0.39, 0.29) is 11.7 Å². The molecule has 1 aromatic rings. The first-order valence-electron chi connectivity index (χ1n) is 9.46. The summed E-state index contributed by atoms with van der Waals surface area (Å²) >= 11 is 0. The van der Waals surface area contributed by atoms with Gasteiger partial charge in [-0.25, -0.2) is 4.39 Å². The highest BCUT2D eigenvalue weighted by molar-refractivity contribution is 5.94. The average Bonchev–Trinajstić information content (AvgIpc) is 2.68. The number of hydrogen-bond donors (Lipinski definition) is 3. The molecule has 0 aliphatic carbocycles. The highest BCUT2D eigenvalue weighted by atomic mass is 19.1. The van der Waals surface area contributed by atoms with E-state index in [4.69, 9.17) is 4.74 Å². The molecule has 1 saturated heterocycles. The van der Waals surface area contributed by atoms with Crippen LogP contribution in [0.25, 0.3) is 0 Å². The van der Waals surface area contributed by atoms with Crippen LogP contribution < -0.4 is 16.0 Å². The summed E-state index contributed by atoms with van der Waals surface area (Å²) < 4.78 is 18.9. The fraction of sp³-hybridized carbons (Fsp3) is 0.579. The van der Waals surface area contributed by atoms with Gasteiger partial charge in [-0.2, -0.15) is 0 Å². The molecule has 1 aromatic carbocycles. The molecule has 0 bridgehead atoms. The minimum atomic E-state index is -0.373. The third kappa shape index (κ3) is 7.52. The van der Waals surface area contributed by atoms with E-state index in [0.29, 0.717) is 30.8 Å². The Morgan fingerprint density at radius 2 is 1.96 bits per heavy atom. The minimum absolute atomic E-state index is 0.287. The van der Waals surface area contributed by atoms with Gasteiger partial charge >= 0.3 is 0 Å². The predicted octanol–water partition coefficient (Wildman–Crippen LogP) is 0.751. The van der Waals surface area contributed by atoms with Crippen LogP contribution in [0.3, 0.4) is 0 Å². The monoisotopic (exact) mass is 379 g/mol. The van der Waals surface area contributed by atoms with Crippen LogP contribution in [-0.4, -0.2) is 75.8 Å². The molecule has 150 valence electrons. The number of guanidine groups is 1. The standard InChI is InChI=1S/C19H30FN5O2/c1-3-21-19(24-8-9-25-10-12-27-13-11-25)23-7-6-22-18(26)16-5-4-15(2)17(20)14-16/h4-5,14H,3,6-13H2,1-2H3,(H,22,26)(H2,21,23,24). The molecule has 1 fully saturated rings. The van der Waals surface area contributed by atoms with E-state index in [0.717, 1.165) is 45.4 Å². The number of aryl methyl sites for hydroxylation is 1. The molecule has 0 spiro atoms. The Morgan fingerprint density at radius 3 is 2.67 bits per heavy atom. The van der Waals surface area contributed by atoms with E-state index >= 15 is 0 Å². The van der Waals surface area contributed by atoms with Crippen molar-refractivity contribution in [1.29, 1.82) is 0 Å². The highest BCUT2D eigenvalue weighted by Crippen LogP contribution is 2.08. The van der Waals surface area contributed by atoms with Gasteiger partial charge in [0.15, 0.2) is 5.96 Å². The Balaban J connectivity index is 1.70. The van der Waals surface area contributed by atoms with Gasteiger partial charge < -0.3 is 20.7 Å². The SMILES string of the molecule is CCNC(=NCCN1CCOCC1)NCCNC(=O)c1ccc(C)c(F)c1. The molecule has 1 aliphatic rings. The van der Waals surface area contributed by atoms with Gasteiger partial charge in [0, 0.05) is 44.8 Å². The van der Waals surface area contributed by atoms with E-state index in [9.17, 15) is 9.18 Å². The second-order valence-electron chi connectivity index (χ2n) is 6.36. The summed E-state index contributed by atoms with van der Waals surface area (Å²) in [5.74, 6) is 0.0638. The topological polar surface area (TPSA) is 78.0 Å². The molecule has 2 rings (SSSR count). The molecule has 1 heterocycles. The first kappa shape index (κ1) is 21.1. The first-order valence-corrected chi connectivity index (χ1v) is 9.46. The van der Waals surface area contributed by atoms with Crippen molar-refractivity contribution in [1.82, 2.24) is 20.9 Å². The maximum absolute atomic E-state index is 13.5. The largest absolute Gasteiger partial charge is 0.379 e. The molecular weight excluding hydrogens is 349 g/mol. The van der Waals surface area contributed by atoms with Gasteiger partial charge in [-0.3, -0.25) is 14.7 Å². The van der Waals surface area contributed by atoms with E-state index < -0.39 is 0 Å². The van der Waals surface area contributed by atoms with Crippen LogP contribution in [0, 0.1) is 12.7 Å². The number of carbonyl (C=O) groups excluding carboxylic acids is 1. The number of morpholine rings is 1. The Morgan fingerprint density at radius 1 is 1.22 bits per heavy atom. The zero-order valence-corrected chi connectivity index (χ0v) is 16.2.